The molecule has 0 aliphatic carbocycles. The third-order valence-corrected chi connectivity index (χ3v) is 5.53. The van der Waals surface area contributed by atoms with Crippen molar-refractivity contribution in [3.05, 3.63) is 68.1 Å². The second kappa shape index (κ2) is 7.90. The first-order valence-electron chi connectivity index (χ1n) is 8.04. The maximum atomic E-state index is 13.0. The number of halogens is 3. The summed E-state index contributed by atoms with van der Waals surface area (Å²) in [5, 5.41) is 1.23. The standard InChI is InChI=1S/C19H18BrCl2NO/c20-15-6-9-18(22)17(11-15)19(24)23-10-2-1-3-14(12-23)13-4-7-16(21)8-5-13/h4-9,11,14H,1-3,10,12H2. The van der Waals surface area contributed by atoms with Crippen molar-refractivity contribution < 1.29 is 4.79 Å². The van der Waals surface area contributed by atoms with Crippen LogP contribution in [0.5, 0.6) is 0 Å². The molecule has 1 amide bonds. The van der Waals surface area contributed by atoms with Gasteiger partial charge in [0.15, 0.2) is 0 Å². The molecule has 0 aromatic heterocycles. The monoisotopic (exact) mass is 425 g/mol. The fourth-order valence-electron chi connectivity index (χ4n) is 3.17. The van der Waals surface area contributed by atoms with Gasteiger partial charge in [-0.15, -0.1) is 0 Å². The number of benzene rings is 2. The average molecular weight is 427 g/mol. The summed E-state index contributed by atoms with van der Waals surface area (Å²) in [6.07, 6.45) is 3.21. The van der Waals surface area contributed by atoms with E-state index in [1.807, 2.05) is 23.1 Å². The maximum absolute atomic E-state index is 13.0. The van der Waals surface area contributed by atoms with Crippen molar-refractivity contribution in [1.29, 1.82) is 0 Å². The van der Waals surface area contributed by atoms with E-state index in [1.165, 1.54) is 5.56 Å². The van der Waals surface area contributed by atoms with Gasteiger partial charge in [0.1, 0.15) is 0 Å². The highest BCUT2D eigenvalue weighted by atomic mass is 79.9. The molecule has 1 unspecified atom stereocenters. The normalized spacial score (nSPS) is 18.3. The molecule has 5 heteroatoms. The Hall–Kier alpha value is -1.03. The molecule has 126 valence electrons. The number of nitrogens with zero attached hydrogens (tertiary/aromatic N) is 1. The number of hydrogen-bond acceptors (Lipinski definition) is 1. The first kappa shape index (κ1) is 17.8. The van der Waals surface area contributed by atoms with E-state index in [0.29, 0.717) is 23.0 Å². The summed E-state index contributed by atoms with van der Waals surface area (Å²) in [5.41, 5.74) is 1.79. The summed E-state index contributed by atoms with van der Waals surface area (Å²) < 4.78 is 0.860. The fourth-order valence-corrected chi connectivity index (χ4v) is 3.85. The van der Waals surface area contributed by atoms with Crippen LogP contribution in [0.15, 0.2) is 46.9 Å². The predicted octanol–water partition coefficient (Wildman–Crippen LogP) is 6.17. The Kier molecular flexibility index (Phi) is 5.85. The van der Waals surface area contributed by atoms with Crippen molar-refractivity contribution in [1.82, 2.24) is 4.90 Å². The molecule has 1 atom stereocenters. The molecular formula is C19H18BrCl2NO. The highest BCUT2D eigenvalue weighted by Crippen LogP contribution is 2.29. The van der Waals surface area contributed by atoms with Crippen LogP contribution in [0.1, 0.15) is 41.1 Å². The van der Waals surface area contributed by atoms with Gasteiger partial charge in [0, 0.05) is 28.5 Å². The molecule has 0 radical (unpaired) electrons. The van der Waals surface area contributed by atoms with Gasteiger partial charge in [0.2, 0.25) is 0 Å². The Balaban J connectivity index is 1.83. The topological polar surface area (TPSA) is 20.3 Å². The summed E-state index contributed by atoms with van der Waals surface area (Å²) in [6.45, 7) is 1.48. The minimum Gasteiger partial charge on any atom is -0.338 e. The molecule has 2 aromatic rings. The van der Waals surface area contributed by atoms with E-state index in [0.717, 1.165) is 35.3 Å². The van der Waals surface area contributed by atoms with Gasteiger partial charge in [0.05, 0.1) is 10.6 Å². The predicted molar refractivity (Wildman–Crippen MR) is 103 cm³/mol. The van der Waals surface area contributed by atoms with Crippen LogP contribution in [0.2, 0.25) is 10.0 Å². The Morgan fingerprint density at radius 3 is 2.58 bits per heavy atom. The molecule has 1 fully saturated rings. The second-order valence-electron chi connectivity index (χ2n) is 6.12. The van der Waals surface area contributed by atoms with Crippen molar-refractivity contribution in [2.45, 2.75) is 25.2 Å². The summed E-state index contributed by atoms with van der Waals surface area (Å²) in [5.74, 6) is 0.335. The van der Waals surface area contributed by atoms with Gasteiger partial charge in [-0.3, -0.25) is 4.79 Å². The molecule has 1 saturated heterocycles. The minimum absolute atomic E-state index is 0.00200. The number of carbonyl (C=O) groups is 1. The van der Waals surface area contributed by atoms with Gasteiger partial charge in [-0.1, -0.05) is 57.7 Å². The third-order valence-electron chi connectivity index (χ3n) is 4.46. The van der Waals surface area contributed by atoms with Gasteiger partial charge in [-0.05, 0) is 48.7 Å². The van der Waals surface area contributed by atoms with Crippen LogP contribution >= 0.6 is 39.1 Å². The Labute approximate surface area is 160 Å². The molecule has 1 aliphatic rings. The zero-order chi connectivity index (χ0) is 17.1. The van der Waals surface area contributed by atoms with Crippen LogP contribution in [0, 0.1) is 0 Å². The van der Waals surface area contributed by atoms with Gasteiger partial charge >= 0.3 is 0 Å². The van der Waals surface area contributed by atoms with Crippen LogP contribution in [0.25, 0.3) is 0 Å². The van der Waals surface area contributed by atoms with Crippen molar-refractivity contribution >= 4 is 45.0 Å². The lowest BCUT2D eigenvalue weighted by molar-refractivity contribution is 0.0754. The maximum Gasteiger partial charge on any atom is 0.255 e. The van der Waals surface area contributed by atoms with E-state index in [1.54, 1.807) is 12.1 Å². The zero-order valence-electron chi connectivity index (χ0n) is 13.1. The van der Waals surface area contributed by atoms with Crippen molar-refractivity contribution in [3.8, 4) is 0 Å². The lowest BCUT2D eigenvalue weighted by Crippen LogP contribution is -2.34. The molecule has 0 saturated carbocycles. The highest BCUT2D eigenvalue weighted by Gasteiger charge is 2.25. The van der Waals surface area contributed by atoms with Crippen LogP contribution < -0.4 is 0 Å². The van der Waals surface area contributed by atoms with E-state index < -0.39 is 0 Å². The Morgan fingerprint density at radius 1 is 1.08 bits per heavy atom. The average Bonchev–Trinajstić information content (AvgIpc) is 2.83. The highest BCUT2D eigenvalue weighted by molar-refractivity contribution is 9.10. The third kappa shape index (κ3) is 4.14. The second-order valence-corrected chi connectivity index (χ2v) is 7.88. The van der Waals surface area contributed by atoms with Gasteiger partial charge in [-0.2, -0.15) is 0 Å². The van der Waals surface area contributed by atoms with Gasteiger partial charge < -0.3 is 4.90 Å². The van der Waals surface area contributed by atoms with Crippen molar-refractivity contribution in [2.24, 2.45) is 0 Å². The quantitative estimate of drug-likeness (QED) is 0.562. The fraction of sp³-hybridized carbons (Fsp3) is 0.316. The van der Waals surface area contributed by atoms with E-state index in [2.05, 4.69) is 28.1 Å². The molecular weight excluding hydrogens is 409 g/mol. The first-order chi connectivity index (χ1) is 11.5. The van der Waals surface area contributed by atoms with Crippen molar-refractivity contribution in [3.63, 3.8) is 0 Å². The summed E-state index contributed by atoms with van der Waals surface area (Å²) in [7, 11) is 0. The molecule has 3 rings (SSSR count). The van der Waals surface area contributed by atoms with E-state index >= 15 is 0 Å². The molecule has 0 spiro atoms. The molecule has 24 heavy (non-hydrogen) atoms. The molecule has 0 bridgehead atoms. The largest absolute Gasteiger partial charge is 0.338 e. The summed E-state index contributed by atoms with van der Waals surface area (Å²) in [6, 6.07) is 13.4. The molecule has 0 N–H and O–H groups in total. The SMILES string of the molecule is O=C(c1cc(Br)ccc1Cl)N1CCCCC(c2ccc(Cl)cc2)C1. The number of amides is 1. The van der Waals surface area contributed by atoms with Gasteiger partial charge in [0.25, 0.3) is 5.91 Å². The summed E-state index contributed by atoms with van der Waals surface area (Å²) >= 11 is 15.6. The molecule has 1 heterocycles. The number of hydrogen-bond donors (Lipinski definition) is 0. The first-order valence-corrected chi connectivity index (χ1v) is 9.59. The Morgan fingerprint density at radius 2 is 1.83 bits per heavy atom. The van der Waals surface area contributed by atoms with E-state index in [-0.39, 0.29) is 5.91 Å². The number of likely N-dealkylation sites (tertiary alicyclic amines) is 1. The van der Waals surface area contributed by atoms with Crippen molar-refractivity contribution in [2.75, 3.05) is 13.1 Å². The van der Waals surface area contributed by atoms with Crippen LogP contribution in [-0.2, 0) is 0 Å². The van der Waals surface area contributed by atoms with Crippen LogP contribution in [0.3, 0.4) is 0 Å². The Bertz CT molecular complexity index is 733. The summed E-state index contributed by atoms with van der Waals surface area (Å²) in [4.78, 5) is 14.9. The molecule has 2 aromatic carbocycles. The van der Waals surface area contributed by atoms with Gasteiger partial charge in [-0.25, -0.2) is 0 Å². The minimum atomic E-state index is 0.00200. The zero-order valence-corrected chi connectivity index (χ0v) is 16.2. The molecule has 2 nitrogen and oxygen atoms in total. The van der Waals surface area contributed by atoms with E-state index in [4.69, 9.17) is 23.2 Å². The lowest BCUT2D eigenvalue weighted by Gasteiger charge is -2.25. The molecule has 1 aliphatic heterocycles. The lowest BCUT2D eigenvalue weighted by atomic mass is 9.94. The smallest absolute Gasteiger partial charge is 0.255 e. The number of carbonyl (C=O) groups excluding carboxylic acids is 1. The number of rotatable bonds is 2. The van der Waals surface area contributed by atoms with E-state index in [9.17, 15) is 4.79 Å². The van der Waals surface area contributed by atoms with Crippen LogP contribution in [0.4, 0.5) is 0 Å². The van der Waals surface area contributed by atoms with Crippen LogP contribution in [-0.4, -0.2) is 23.9 Å².